The van der Waals surface area contributed by atoms with Crippen LogP contribution in [0.2, 0.25) is 0 Å². The number of ether oxygens (including phenoxy) is 1. The van der Waals surface area contributed by atoms with Gasteiger partial charge in [-0.15, -0.1) is 6.42 Å². The van der Waals surface area contributed by atoms with E-state index < -0.39 is 11.9 Å². The zero-order chi connectivity index (χ0) is 49.0. The molecule has 0 bridgehead atoms. The van der Waals surface area contributed by atoms with Gasteiger partial charge >= 0.3 is 6.01 Å². The molecule has 2 aromatic heterocycles. The Morgan fingerprint density at radius 3 is 2.38 bits per heavy atom. The molecule has 4 saturated heterocycles. The highest BCUT2D eigenvalue weighted by Crippen LogP contribution is 2.47. The van der Waals surface area contributed by atoms with Crippen LogP contribution in [-0.2, 0) is 16.1 Å². The number of anilines is 2. The number of fused-ring (bicyclic) bond motifs is 3. The number of hydrogen-bond donors (Lipinski definition) is 3. The Balaban J connectivity index is 0.727. The molecule has 5 aromatic rings. The third kappa shape index (κ3) is 9.35. The summed E-state index contributed by atoms with van der Waals surface area (Å²) in [7, 11) is 0. The van der Waals surface area contributed by atoms with Crippen molar-refractivity contribution in [3.63, 3.8) is 0 Å². The number of aromatic hydroxyl groups is 1. The standard InChI is InChI=1S/C55H63FN10O5/c1-4-35-8-7-9-36-25-41(67)26-43(47(35)36)49-48(56)50-44(27-57-49)51(65-30-38(5-2)58-39(6-3)31-65)61-54(60-50)71-33-55(16-17-55)32-63-22-20-62(21-23-63)28-34-14-18-64(19-15-34)40-10-11-42-37(24-40)29-66(53(42)70)45-12-13-46(68)59-52(45)69/h1,7-11,24-27,34,38-39,45,58,67H,5-6,12-23,28-33H2,2-3H3,(H,59,68,69). The minimum Gasteiger partial charge on any atom is -0.508 e. The van der Waals surface area contributed by atoms with Gasteiger partial charge < -0.3 is 39.7 Å². The molecule has 15 nitrogen and oxygen atoms in total. The first-order chi connectivity index (χ1) is 34.5. The molecular weight excluding hydrogens is 900 g/mol. The number of terminal acetylenes is 1. The van der Waals surface area contributed by atoms with E-state index in [4.69, 9.17) is 26.1 Å². The Morgan fingerprint density at radius 2 is 1.66 bits per heavy atom. The minimum absolute atomic E-state index is 0.0153. The molecule has 3 atom stereocenters. The molecule has 0 spiro atoms. The topological polar surface area (TPSA) is 160 Å². The Hall–Kier alpha value is -6.41. The van der Waals surface area contributed by atoms with Crippen LogP contribution in [0.5, 0.6) is 11.8 Å². The van der Waals surface area contributed by atoms with Crippen LogP contribution in [0.4, 0.5) is 15.9 Å². The van der Waals surface area contributed by atoms with E-state index in [1.165, 1.54) is 6.07 Å². The van der Waals surface area contributed by atoms with E-state index >= 15 is 4.39 Å². The summed E-state index contributed by atoms with van der Waals surface area (Å²) in [5, 5.41) is 18.7. The van der Waals surface area contributed by atoms with Gasteiger partial charge in [-0.1, -0.05) is 31.9 Å². The van der Waals surface area contributed by atoms with Crippen LogP contribution in [0.25, 0.3) is 32.9 Å². The molecule has 3 N–H and O–H groups in total. The van der Waals surface area contributed by atoms with Crippen LogP contribution in [0.3, 0.4) is 0 Å². The van der Waals surface area contributed by atoms with E-state index in [1.807, 2.05) is 24.3 Å². The van der Waals surface area contributed by atoms with Crippen molar-refractivity contribution in [1.82, 2.24) is 40.3 Å². The fourth-order valence-corrected chi connectivity index (χ4v) is 11.8. The predicted octanol–water partition coefficient (Wildman–Crippen LogP) is 6.09. The maximum Gasteiger partial charge on any atom is 0.319 e. The number of aromatic nitrogens is 3. The van der Waals surface area contributed by atoms with Gasteiger partial charge in [-0.25, -0.2) is 4.39 Å². The van der Waals surface area contributed by atoms with E-state index in [2.05, 4.69) is 56.1 Å². The summed E-state index contributed by atoms with van der Waals surface area (Å²) in [6, 6.07) is 14.7. The monoisotopic (exact) mass is 962 g/mol. The van der Waals surface area contributed by atoms with Crippen molar-refractivity contribution < 1.29 is 28.6 Å². The van der Waals surface area contributed by atoms with E-state index in [1.54, 1.807) is 23.2 Å². The fraction of sp³-hybridized carbons (Fsp3) is 0.491. The molecule has 3 amide bonds. The molecular formula is C55H63FN10O5. The number of carbonyl (C=O) groups is 3. The van der Waals surface area contributed by atoms with Crippen molar-refractivity contribution in [2.24, 2.45) is 11.3 Å². The normalized spacial score (nSPS) is 23.0. The van der Waals surface area contributed by atoms with Gasteiger partial charge in [-0.05, 0) is 98.2 Å². The van der Waals surface area contributed by atoms with Gasteiger partial charge in [0.1, 0.15) is 28.8 Å². The molecule has 1 saturated carbocycles. The Bertz CT molecular complexity index is 2930. The van der Waals surface area contributed by atoms with Gasteiger partial charge in [0.15, 0.2) is 5.82 Å². The lowest BCUT2D eigenvalue weighted by Crippen LogP contribution is -2.56. The second-order valence-corrected chi connectivity index (χ2v) is 20.9. The minimum atomic E-state index is -0.618. The van der Waals surface area contributed by atoms with Crippen LogP contribution >= 0.6 is 0 Å². The molecule has 3 aromatic carbocycles. The van der Waals surface area contributed by atoms with Crippen molar-refractivity contribution in [2.75, 3.05) is 81.9 Å². The number of halogens is 1. The number of phenols is 1. The summed E-state index contributed by atoms with van der Waals surface area (Å²) in [6.45, 7) is 14.5. The summed E-state index contributed by atoms with van der Waals surface area (Å²) < 4.78 is 23.8. The van der Waals surface area contributed by atoms with Crippen molar-refractivity contribution in [2.45, 2.75) is 89.9 Å². The van der Waals surface area contributed by atoms with Crippen molar-refractivity contribution in [3.8, 4) is 35.4 Å². The highest BCUT2D eigenvalue weighted by atomic mass is 19.1. The second kappa shape index (κ2) is 19.3. The molecule has 3 unspecified atom stereocenters. The second-order valence-electron chi connectivity index (χ2n) is 20.9. The van der Waals surface area contributed by atoms with Gasteiger partial charge in [0.25, 0.3) is 5.91 Å². The van der Waals surface area contributed by atoms with E-state index in [0.29, 0.717) is 77.2 Å². The van der Waals surface area contributed by atoms with Crippen molar-refractivity contribution >= 4 is 50.9 Å². The van der Waals surface area contributed by atoms with Crippen LogP contribution in [-0.4, -0.2) is 143 Å². The first-order valence-electron chi connectivity index (χ1n) is 25.7. The average molecular weight is 963 g/mol. The number of piperazine rings is 2. The number of nitrogens with zero attached hydrogens (tertiary/aromatic N) is 8. The lowest BCUT2D eigenvalue weighted by molar-refractivity contribution is -0.136. The number of pyridine rings is 1. The van der Waals surface area contributed by atoms with E-state index in [0.717, 1.165) is 102 Å². The van der Waals surface area contributed by atoms with Gasteiger partial charge in [0.2, 0.25) is 11.8 Å². The number of carbonyl (C=O) groups excluding carboxylic acids is 3. The number of imide groups is 1. The first kappa shape index (κ1) is 46.9. The van der Waals surface area contributed by atoms with E-state index in [-0.39, 0.29) is 64.6 Å². The van der Waals surface area contributed by atoms with Gasteiger partial charge in [-0.3, -0.25) is 24.7 Å². The highest BCUT2D eigenvalue weighted by molar-refractivity contribution is 6.06. The van der Waals surface area contributed by atoms with Crippen LogP contribution < -0.4 is 25.2 Å². The number of amides is 3. The highest BCUT2D eigenvalue weighted by Gasteiger charge is 2.46. The largest absolute Gasteiger partial charge is 0.508 e. The number of hydrogen-bond acceptors (Lipinski definition) is 13. The van der Waals surface area contributed by atoms with Gasteiger partial charge in [0, 0.05) is 130 Å². The zero-order valence-electron chi connectivity index (χ0n) is 40.8. The number of nitrogens with one attached hydrogen (secondary N) is 2. The SMILES string of the molecule is C#Cc1cccc2cc(O)cc(-c3ncc4c(N5CC(CC)NC(CC)C5)nc(OCC5(CN6CCN(CC7CCN(c8ccc9c(c8)CN(C8CCC(=O)NC8=O)C9=O)CC7)CC6)CC5)nc4c3F)c12. The van der Waals surface area contributed by atoms with Crippen LogP contribution in [0.1, 0.15) is 86.7 Å². The van der Waals surface area contributed by atoms with Crippen molar-refractivity contribution in [1.29, 1.82) is 0 Å². The summed E-state index contributed by atoms with van der Waals surface area (Å²) >= 11 is 0. The summed E-state index contributed by atoms with van der Waals surface area (Å²) in [5.41, 5.74) is 3.83. The molecule has 5 aliphatic heterocycles. The van der Waals surface area contributed by atoms with Gasteiger partial charge in [-0.2, -0.15) is 9.97 Å². The smallest absolute Gasteiger partial charge is 0.319 e. The Labute approximate surface area is 414 Å². The summed E-state index contributed by atoms with van der Waals surface area (Å²) in [4.78, 5) is 63.5. The molecule has 1 aliphatic carbocycles. The molecule has 7 heterocycles. The molecule has 370 valence electrons. The molecule has 71 heavy (non-hydrogen) atoms. The average Bonchev–Trinajstić information content (AvgIpc) is 4.08. The Kier molecular flexibility index (Phi) is 12.8. The molecule has 5 fully saturated rings. The van der Waals surface area contributed by atoms with E-state index in [9.17, 15) is 19.5 Å². The van der Waals surface area contributed by atoms with Crippen LogP contribution in [0.15, 0.2) is 54.7 Å². The Morgan fingerprint density at radius 1 is 0.901 bits per heavy atom. The maximum absolute atomic E-state index is 17.2. The predicted molar refractivity (Wildman–Crippen MR) is 271 cm³/mol. The zero-order valence-corrected chi connectivity index (χ0v) is 40.8. The van der Waals surface area contributed by atoms with Crippen molar-refractivity contribution in [3.05, 3.63) is 77.2 Å². The summed E-state index contributed by atoms with van der Waals surface area (Å²) in [6.07, 6.45) is 14.4. The number of benzene rings is 3. The third-order valence-electron chi connectivity index (χ3n) is 16.1. The fourth-order valence-electron chi connectivity index (χ4n) is 11.8. The number of piperidine rings is 2. The van der Waals surface area contributed by atoms with Gasteiger partial charge in [0.05, 0.1) is 12.0 Å². The summed E-state index contributed by atoms with van der Waals surface area (Å²) in [5.74, 6) is 2.51. The lowest BCUT2D eigenvalue weighted by Gasteiger charge is -2.40. The molecule has 11 rings (SSSR count). The maximum atomic E-state index is 17.2. The molecule has 0 radical (unpaired) electrons. The number of rotatable bonds is 13. The first-order valence-corrected chi connectivity index (χ1v) is 25.7. The molecule has 6 aliphatic rings. The molecule has 16 heteroatoms. The third-order valence-corrected chi connectivity index (χ3v) is 16.1. The van der Waals surface area contributed by atoms with Crippen LogP contribution in [0, 0.1) is 29.5 Å². The quantitative estimate of drug-likeness (QED) is 0.0921. The number of phenolic OH excluding ortho intramolecular Hbond substituents is 1. The lowest BCUT2D eigenvalue weighted by atomic mass is 9.95.